The summed E-state index contributed by atoms with van der Waals surface area (Å²) in [6.07, 6.45) is 1.47. The van der Waals surface area contributed by atoms with Crippen LogP contribution in [0.1, 0.15) is 5.56 Å². The van der Waals surface area contributed by atoms with Crippen LogP contribution in [0.3, 0.4) is 0 Å². The number of nitrogens with one attached hydrogen (secondary N) is 1. The highest BCUT2D eigenvalue weighted by atomic mass is 79.9. The molecule has 1 amide bonds. The molecule has 0 atom stereocenters. The number of piperazine rings is 1. The number of carbonyl (C=O) groups excluding carboxylic acids is 1. The van der Waals surface area contributed by atoms with Gasteiger partial charge in [0, 0.05) is 24.7 Å². The van der Waals surface area contributed by atoms with E-state index >= 15 is 0 Å². The molecule has 1 saturated heterocycles. The molecule has 1 N–H and O–H groups in total. The van der Waals surface area contributed by atoms with Gasteiger partial charge in [0.05, 0.1) is 11.9 Å². The number of H-pyrrole nitrogens is 1. The van der Waals surface area contributed by atoms with Gasteiger partial charge in [0.25, 0.3) is 0 Å². The third-order valence-electron chi connectivity index (χ3n) is 4.19. The minimum atomic E-state index is 0.0626. The molecule has 3 heterocycles. The van der Waals surface area contributed by atoms with E-state index in [2.05, 4.69) is 36.1 Å². The van der Waals surface area contributed by atoms with Crippen molar-refractivity contribution in [1.29, 1.82) is 0 Å². The standard InChI is InChI=1S/C16H14BrClN6O/c17-14-13-15(22-21-14)19-9-20-16(13)24-6-5-23(12(25)8-24)7-10-1-3-11(18)4-2-10/h1-4,9H,5-8H2,(H,19,20,21,22). The van der Waals surface area contributed by atoms with Gasteiger partial charge in [-0.2, -0.15) is 5.10 Å². The first kappa shape index (κ1) is 16.3. The minimum Gasteiger partial charge on any atom is -0.345 e. The number of carbonyl (C=O) groups is 1. The summed E-state index contributed by atoms with van der Waals surface area (Å²) in [5, 5.41) is 8.45. The summed E-state index contributed by atoms with van der Waals surface area (Å²) in [7, 11) is 0. The van der Waals surface area contributed by atoms with Crippen LogP contribution in [0.2, 0.25) is 5.02 Å². The third kappa shape index (κ3) is 3.19. The Morgan fingerprint density at radius 3 is 2.76 bits per heavy atom. The molecule has 3 aromatic rings. The van der Waals surface area contributed by atoms with Gasteiger partial charge in [-0.25, -0.2) is 9.97 Å². The fraction of sp³-hybridized carbons (Fsp3) is 0.250. The number of aromatic nitrogens is 4. The SMILES string of the molecule is O=C1CN(c2ncnc3n[nH]c(Br)c23)CCN1Cc1ccc(Cl)cc1. The second-order valence-corrected chi connectivity index (χ2v) is 7.03. The molecule has 1 aliphatic rings. The summed E-state index contributed by atoms with van der Waals surface area (Å²) in [5.41, 5.74) is 1.64. The molecule has 0 saturated carbocycles. The number of nitrogens with zero attached hydrogens (tertiary/aromatic N) is 5. The largest absolute Gasteiger partial charge is 0.345 e. The summed E-state index contributed by atoms with van der Waals surface area (Å²) < 4.78 is 0.717. The van der Waals surface area contributed by atoms with Crippen LogP contribution in [0.5, 0.6) is 0 Å². The van der Waals surface area contributed by atoms with Crippen LogP contribution >= 0.6 is 27.5 Å². The first-order valence-corrected chi connectivity index (χ1v) is 8.90. The molecule has 2 aromatic heterocycles. The van der Waals surface area contributed by atoms with Crippen molar-refractivity contribution in [2.75, 3.05) is 24.5 Å². The molecule has 0 unspecified atom stereocenters. The van der Waals surface area contributed by atoms with Gasteiger partial charge < -0.3 is 9.80 Å². The zero-order valence-corrected chi connectivity index (χ0v) is 15.5. The summed E-state index contributed by atoms with van der Waals surface area (Å²) in [6.45, 7) is 2.18. The van der Waals surface area contributed by atoms with Gasteiger partial charge in [0.2, 0.25) is 5.91 Å². The van der Waals surface area contributed by atoms with Crippen LogP contribution in [0.4, 0.5) is 5.82 Å². The molecule has 7 nitrogen and oxygen atoms in total. The first-order chi connectivity index (χ1) is 12.1. The molecule has 25 heavy (non-hydrogen) atoms. The monoisotopic (exact) mass is 420 g/mol. The van der Waals surface area contributed by atoms with E-state index in [0.29, 0.717) is 40.7 Å². The maximum absolute atomic E-state index is 12.6. The van der Waals surface area contributed by atoms with Crippen LogP contribution in [-0.2, 0) is 11.3 Å². The van der Waals surface area contributed by atoms with Crippen molar-refractivity contribution in [3.8, 4) is 0 Å². The van der Waals surface area contributed by atoms with Crippen molar-refractivity contribution in [2.45, 2.75) is 6.54 Å². The van der Waals surface area contributed by atoms with E-state index in [1.807, 2.05) is 34.1 Å². The number of rotatable bonds is 3. The number of benzene rings is 1. The number of amides is 1. The van der Waals surface area contributed by atoms with Crippen molar-refractivity contribution < 1.29 is 4.79 Å². The quantitative estimate of drug-likeness (QED) is 0.703. The lowest BCUT2D eigenvalue weighted by molar-refractivity contribution is -0.131. The Labute approximate surface area is 157 Å². The predicted octanol–water partition coefficient (Wildman–Crippen LogP) is 2.62. The number of halogens is 2. The van der Waals surface area contributed by atoms with Crippen molar-refractivity contribution in [1.82, 2.24) is 25.1 Å². The summed E-state index contributed by atoms with van der Waals surface area (Å²) in [4.78, 5) is 24.9. The number of hydrogen-bond acceptors (Lipinski definition) is 5. The number of fused-ring (bicyclic) bond motifs is 1. The third-order valence-corrected chi connectivity index (χ3v) is 5.02. The fourth-order valence-corrected chi connectivity index (χ4v) is 3.48. The first-order valence-electron chi connectivity index (χ1n) is 7.73. The van der Waals surface area contributed by atoms with Crippen molar-refractivity contribution >= 4 is 50.3 Å². The Kier molecular flexibility index (Phi) is 4.30. The lowest BCUT2D eigenvalue weighted by atomic mass is 10.2. The maximum atomic E-state index is 12.6. The normalized spacial score (nSPS) is 15.2. The van der Waals surface area contributed by atoms with Crippen molar-refractivity contribution in [2.24, 2.45) is 0 Å². The van der Waals surface area contributed by atoms with Gasteiger partial charge in [0.15, 0.2) is 5.65 Å². The number of hydrogen-bond donors (Lipinski definition) is 1. The number of anilines is 1. The summed E-state index contributed by atoms with van der Waals surface area (Å²) in [6, 6.07) is 7.56. The zero-order valence-electron chi connectivity index (χ0n) is 13.1. The minimum absolute atomic E-state index is 0.0626. The summed E-state index contributed by atoms with van der Waals surface area (Å²) in [5.74, 6) is 0.776. The van der Waals surface area contributed by atoms with Gasteiger partial charge in [-0.05, 0) is 33.6 Å². The Morgan fingerprint density at radius 2 is 2.00 bits per heavy atom. The molecule has 1 aliphatic heterocycles. The molecular formula is C16H14BrClN6O. The van der Waals surface area contributed by atoms with Crippen LogP contribution in [0.15, 0.2) is 35.2 Å². The Morgan fingerprint density at radius 1 is 1.20 bits per heavy atom. The van der Waals surface area contributed by atoms with Crippen LogP contribution < -0.4 is 4.90 Å². The molecule has 1 aromatic carbocycles. The Balaban J connectivity index is 1.52. The lowest BCUT2D eigenvalue weighted by Crippen LogP contribution is -2.50. The molecule has 4 rings (SSSR count). The summed E-state index contributed by atoms with van der Waals surface area (Å²) >= 11 is 9.34. The van der Waals surface area contributed by atoms with E-state index in [1.165, 1.54) is 6.33 Å². The smallest absolute Gasteiger partial charge is 0.242 e. The van der Waals surface area contributed by atoms with E-state index in [-0.39, 0.29) is 12.5 Å². The Bertz CT molecular complexity index is 928. The molecule has 128 valence electrons. The van der Waals surface area contributed by atoms with Gasteiger partial charge in [-0.1, -0.05) is 23.7 Å². The Hall–Kier alpha value is -2.19. The van der Waals surface area contributed by atoms with E-state index < -0.39 is 0 Å². The molecule has 0 spiro atoms. The van der Waals surface area contributed by atoms with Crippen molar-refractivity contribution in [3.63, 3.8) is 0 Å². The van der Waals surface area contributed by atoms with Crippen LogP contribution in [0.25, 0.3) is 11.0 Å². The van der Waals surface area contributed by atoms with E-state index in [4.69, 9.17) is 11.6 Å². The molecule has 9 heteroatoms. The average molecular weight is 422 g/mol. The van der Waals surface area contributed by atoms with Gasteiger partial charge in [-0.3, -0.25) is 9.89 Å². The second kappa shape index (κ2) is 6.61. The van der Waals surface area contributed by atoms with E-state index in [9.17, 15) is 4.79 Å². The maximum Gasteiger partial charge on any atom is 0.242 e. The van der Waals surface area contributed by atoms with Gasteiger partial charge in [-0.15, -0.1) is 0 Å². The van der Waals surface area contributed by atoms with Crippen LogP contribution in [-0.4, -0.2) is 50.6 Å². The topological polar surface area (TPSA) is 78.0 Å². The fourth-order valence-electron chi connectivity index (χ4n) is 2.91. The molecular weight excluding hydrogens is 408 g/mol. The molecule has 0 bridgehead atoms. The highest BCUT2D eigenvalue weighted by molar-refractivity contribution is 9.10. The number of aromatic amines is 1. The second-order valence-electron chi connectivity index (χ2n) is 5.80. The van der Waals surface area contributed by atoms with Crippen LogP contribution in [0, 0.1) is 0 Å². The predicted molar refractivity (Wildman–Crippen MR) is 98.5 cm³/mol. The lowest BCUT2D eigenvalue weighted by Gasteiger charge is -2.35. The van der Waals surface area contributed by atoms with Gasteiger partial charge >= 0.3 is 0 Å². The zero-order chi connectivity index (χ0) is 17.4. The molecule has 0 radical (unpaired) electrons. The van der Waals surface area contributed by atoms with E-state index in [1.54, 1.807) is 0 Å². The highest BCUT2D eigenvalue weighted by Crippen LogP contribution is 2.29. The highest BCUT2D eigenvalue weighted by Gasteiger charge is 2.27. The van der Waals surface area contributed by atoms with Gasteiger partial charge in [0.1, 0.15) is 16.7 Å². The van der Waals surface area contributed by atoms with E-state index in [0.717, 1.165) is 10.9 Å². The molecule has 0 aliphatic carbocycles. The average Bonchev–Trinajstić information content (AvgIpc) is 3.00. The van der Waals surface area contributed by atoms with Crippen molar-refractivity contribution in [3.05, 3.63) is 45.8 Å². The molecule has 1 fully saturated rings.